The molecule has 0 spiro atoms. The molecule has 0 N–H and O–H groups in total. The van der Waals surface area contributed by atoms with E-state index < -0.39 is 0 Å². The van der Waals surface area contributed by atoms with Crippen LogP contribution in [-0.2, 0) is 9.53 Å². The summed E-state index contributed by atoms with van der Waals surface area (Å²) in [4.78, 5) is 19.8. The summed E-state index contributed by atoms with van der Waals surface area (Å²) in [5, 5.41) is 0.755. The SMILES string of the molecule is COC(=O)CSc1ncnc2c(-c3ccccc3)nsc12. The Morgan fingerprint density at radius 1 is 1.29 bits per heavy atom. The van der Waals surface area contributed by atoms with Crippen LogP contribution in [0.4, 0.5) is 0 Å². The predicted octanol–water partition coefficient (Wildman–Crippen LogP) is 3.02. The van der Waals surface area contributed by atoms with Crippen molar-refractivity contribution in [3.8, 4) is 11.3 Å². The highest BCUT2D eigenvalue weighted by Gasteiger charge is 2.15. The van der Waals surface area contributed by atoms with Crippen molar-refractivity contribution in [2.75, 3.05) is 12.9 Å². The molecule has 7 heteroatoms. The van der Waals surface area contributed by atoms with Crippen LogP contribution in [-0.4, -0.2) is 33.2 Å². The number of nitrogens with zero attached hydrogens (tertiary/aromatic N) is 3. The minimum Gasteiger partial charge on any atom is -0.468 e. The van der Waals surface area contributed by atoms with Crippen LogP contribution in [0.15, 0.2) is 41.7 Å². The first-order chi connectivity index (χ1) is 10.3. The van der Waals surface area contributed by atoms with Gasteiger partial charge in [-0.25, -0.2) is 9.97 Å². The zero-order valence-corrected chi connectivity index (χ0v) is 12.8. The van der Waals surface area contributed by atoms with Gasteiger partial charge in [-0.3, -0.25) is 4.79 Å². The lowest BCUT2D eigenvalue weighted by molar-refractivity contribution is -0.137. The highest BCUT2D eigenvalue weighted by molar-refractivity contribution is 8.00. The third-order valence-corrected chi connectivity index (χ3v) is 4.76. The van der Waals surface area contributed by atoms with E-state index >= 15 is 0 Å². The molecule has 21 heavy (non-hydrogen) atoms. The number of ether oxygens (including phenoxy) is 1. The molecule has 0 aliphatic heterocycles. The van der Waals surface area contributed by atoms with E-state index in [-0.39, 0.29) is 11.7 Å². The van der Waals surface area contributed by atoms with Crippen LogP contribution < -0.4 is 0 Å². The van der Waals surface area contributed by atoms with Gasteiger partial charge in [0, 0.05) is 5.56 Å². The molecule has 0 atom stereocenters. The first kappa shape index (κ1) is 14.0. The molecule has 1 aromatic carbocycles. The number of thioether (sulfide) groups is 1. The van der Waals surface area contributed by atoms with Gasteiger partial charge in [-0.1, -0.05) is 42.1 Å². The van der Waals surface area contributed by atoms with E-state index in [4.69, 9.17) is 0 Å². The number of hydrogen-bond donors (Lipinski definition) is 0. The molecule has 0 amide bonds. The predicted molar refractivity (Wildman–Crippen MR) is 83.4 cm³/mol. The van der Waals surface area contributed by atoms with Gasteiger partial charge in [0.05, 0.1) is 12.9 Å². The summed E-state index contributed by atoms with van der Waals surface area (Å²) in [6.07, 6.45) is 1.50. The van der Waals surface area contributed by atoms with Crippen molar-refractivity contribution in [1.29, 1.82) is 0 Å². The minimum absolute atomic E-state index is 0.223. The second-order valence-electron chi connectivity index (χ2n) is 4.12. The molecule has 0 unspecified atom stereocenters. The van der Waals surface area contributed by atoms with Gasteiger partial charge in [-0.2, -0.15) is 4.37 Å². The Kier molecular flexibility index (Phi) is 4.12. The number of benzene rings is 1. The van der Waals surface area contributed by atoms with Gasteiger partial charge in [-0.15, -0.1) is 0 Å². The van der Waals surface area contributed by atoms with E-state index in [9.17, 15) is 4.79 Å². The largest absolute Gasteiger partial charge is 0.468 e. The maximum atomic E-state index is 11.2. The van der Waals surface area contributed by atoms with E-state index in [0.717, 1.165) is 26.5 Å². The highest BCUT2D eigenvalue weighted by Crippen LogP contribution is 2.34. The number of hydrogen-bond acceptors (Lipinski definition) is 7. The van der Waals surface area contributed by atoms with Gasteiger partial charge >= 0.3 is 5.97 Å². The third-order valence-electron chi connectivity index (χ3n) is 2.83. The van der Waals surface area contributed by atoms with Gasteiger partial charge in [0.15, 0.2) is 0 Å². The lowest BCUT2D eigenvalue weighted by Gasteiger charge is -2.01. The van der Waals surface area contributed by atoms with Crippen molar-refractivity contribution in [3.63, 3.8) is 0 Å². The summed E-state index contributed by atoms with van der Waals surface area (Å²) < 4.78 is 10.0. The summed E-state index contributed by atoms with van der Waals surface area (Å²) in [6.45, 7) is 0. The number of esters is 1. The molecule has 3 rings (SSSR count). The summed E-state index contributed by atoms with van der Waals surface area (Å²) in [5.41, 5.74) is 2.68. The normalized spacial score (nSPS) is 10.7. The molecule has 5 nitrogen and oxygen atoms in total. The second kappa shape index (κ2) is 6.19. The summed E-state index contributed by atoms with van der Waals surface area (Å²) in [6, 6.07) is 9.89. The van der Waals surface area contributed by atoms with Crippen molar-refractivity contribution >= 4 is 39.5 Å². The van der Waals surface area contributed by atoms with Crippen LogP contribution in [0.25, 0.3) is 21.5 Å². The number of carbonyl (C=O) groups excluding carboxylic acids is 1. The molecule has 0 aliphatic carbocycles. The van der Waals surface area contributed by atoms with Crippen LogP contribution >= 0.6 is 23.3 Å². The van der Waals surface area contributed by atoms with E-state index in [1.807, 2.05) is 30.3 Å². The second-order valence-corrected chi connectivity index (χ2v) is 5.86. The fraction of sp³-hybridized carbons (Fsp3) is 0.143. The Morgan fingerprint density at radius 2 is 2.10 bits per heavy atom. The molecule has 0 saturated heterocycles. The zero-order valence-electron chi connectivity index (χ0n) is 11.1. The van der Waals surface area contributed by atoms with E-state index in [1.165, 1.54) is 36.7 Å². The van der Waals surface area contributed by atoms with Crippen molar-refractivity contribution in [3.05, 3.63) is 36.7 Å². The monoisotopic (exact) mass is 317 g/mol. The Hall–Kier alpha value is -1.99. The van der Waals surface area contributed by atoms with Gasteiger partial charge in [0.25, 0.3) is 0 Å². The summed E-state index contributed by atoms with van der Waals surface area (Å²) >= 11 is 2.68. The molecule has 0 aliphatic rings. The Morgan fingerprint density at radius 3 is 2.86 bits per heavy atom. The van der Waals surface area contributed by atoms with Crippen molar-refractivity contribution in [1.82, 2.24) is 14.3 Å². The number of carbonyl (C=O) groups is 1. The molecule has 0 radical (unpaired) electrons. The lowest BCUT2D eigenvalue weighted by Crippen LogP contribution is -2.03. The van der Waals surface area contributed by atoms with Crippen molar-refractivity contribution in [2.45, 2.75) is 5.03 Å². The quantitative estimate of drug-likeness (QED) is 0.419. The molecule has 3 aromatic rings. The maximum Gasteiger partial charge on any atom is 0.316 e. The minimum atomic E-state index is -0.278. The first-order valence-electron chi connectivity index (χ1n) is 6.15. The number of rotatable bonds is 4. The molecule has 0 saturated carbocycles. The van der Waals surface area contributed by atoms with Crippen LogP contribution in [0, 0.1) is 0 Å². The zero-order chi connectivity index (χ0) is 14.7. The topological polar surface area (TPSA) is 65.0 Å². The number of methoxy groups -OCH3 is 1. The van der Waals surface area contributed by atoms with Crippen molar-refractivity contribution in [2.24, 2.45) is 0 Å². The average Bonchev–Trinajstić information content (AvgIpc) is 2.98. The lowest BCUT2D eigenvalue weighted by atomic mass is 10.1. The summed E-state index contributed by atoms with van der Waals surface area (Å²) in [5.74, 6) is -0.0548. The number of fused-ring (bicyclic) bond motifs is 1. The van der Waals surface area contributed by atoms with Gasteiger partial charge in [0.2, 0.25) is 0 Å². The molecule has 0 fully saturated rings. The average molecular weight is 317 g/mol. The maximum absolute atomic E-state index is 11.2. The Balaban J connectivity index is 1.98. The fourth-order valence-electron chi connectivity index (χ4n) is 1.82. The van der Waals surface area contributed by atoms with Gasteiger partial charge < -0.3 is 4.74 Å². The van der Waals surface area contributed by atoms with Crippen LogP contribution in [0.2, 0.25) is 0 Å². The van der Waals surface area contributed by atoms with Crippen LogP contribution in [0.1, 0.15) is 0 Å². The molecule has 2 aromatic heterocycles. The first-order valence-corrected chi connectivity index (χ1v) is 7.91. The van der Waals surface area contributed by atoms with Gasteiger partial charge in [-0.05, 0) is 11.5 Å². The highest BCUT2D eigenvalue weighted by atomic mass is 32.2. The van der Waals surface area contributed by atoms with Gasteiger partial charge in [0.1, 0.15) is 27.3 Å². The molecule has 106 valence electrons. The molecular formula is C14H11N3O2S2. The van der Waals surface area contributed by atoms with E-state index in [2.05, 4.69) is 19.1 Å². The Bertz CT molecular complexity index is 774. The van der Waals surface area contributed by atoms with E-state index in [1.54, 1.807) is 0 Å². The van der Waals surface area contributed by atoms with Crippen LogP contribution in [0.5, 0.6) is 0 Å². The van der Waals surface area contributed by atoms with E-state index in [0.29, 0.717) is 0 Å². The third kappa shape index (κ3) is 2.88. The standard InChI is InChI=1S/C14H11N3O2S2/c1-19-10(18)7-20-14-13-12(15-8-16-14)11(17-21-13)9-5-3-2-4-6-9/h2-6,8H,7H2,1H3. The van der Waals surface area contributed by atoms with Crippen molar-refractivity contribution < 1.29 is 9.53 Å². The number of aromatic nitrogens is 3. The molecule has 0 bridgehead atoms. The molecular weight excluding hydrogens is 306 g/mol. The smallest absolute Gasteiger partial charge is 0.316 e. The molecule has 2 heterocycles. The Labute approximate surface area is 129 Å². The fourth-order valence-corrected chi connectivity index (χ4v) is 3.57. The summed E-state index contributed by atoms with van der Waals surface area (Å²) in [7, 11) is 1.37. The van der Waals surface area contributed by atoms with Crippen LogP contribution in [0.3, 0.4) is 0 Å².